The Balaban J connectivity index is 2.30. The summed E-state index contributed by atoms with van der Waals surface area (Å²) in [4.78, 5) is 1.61. The van der Waals surface area contributed by atoms with Gasteiger partial charge in [0.1, 0.15) is 4.99 Å². The summed E-state index contributed by atoms with van der Waals surface area (Å²) >= 11 is 6.84. The number of thiocarbonyl (C=S) groups is 1. The highest BCUT2D eigenvalue weighted by atomic mass is 32.2. The maximum atomic E-state index is 5.83. The van der Waals surface area contributed by atoms with Crippen molar-refractivity contribution in [2.75, 3.05) is 11.6 Å². The standard InChI is InChI=1S/C13H18N2S2/c1-13(2)7-10(13)15-8-5-4-6-9(17-3)11(8)12(14)16/h4-6,10,15H,7H2,1-3H3,(H2,14,16). The lowest BCUT2D eigenvalue weighted by Gasteiger charge is -2.15. The van der Waals surface area contributed by atoms with Crippen LogP contribution < -0.4 is 11.1 Å². The van der Waals surface area contributed by atoms with E-state index in [0.29, 0.717) is 16.4 Å². The molecule has 92 valence electrons. The van der Waals surface area contributed by atoms with Crippen molar-refractivity contribution in [3.63, 3.8) is 0 Å². The molecule has 2 rings (SSSR count). The molecule has 1 aliphatic rings. The number of benzene rings is 1. The third kappa shape index (κ3) is 2.58. The molecular weight excluding hydrogens is 248 g/mol. The molecule has 1 saturated carbocycles. The molecule has 3 N–H and O–H groups in total. The first kappa shape index (κ1) is 12.7. The zero-order valence-corrected chi connectivity index (χ0v) is 12.0. The molecule has 1 atom stereocenters. The molecule has 1 unspecified atom stereocenters. The van der Waals surface area contributed by atoms with Gasteiger partial charge in [0.15, 0.2) is 0 Å². The van der Waals surface area contributed by atoms with Gasteiger partial charge in [0.25, 0.3) is 0 Å². The molecule has 4 heteroatoms. The van der Waals surface area contributed by atoms with Gasteiger partial charge in [-0.1, -0.05) is 32.1 Å². The summed E-state index contributed by atoms with van der Waals surface area (Å²) in [6, 6.07) is 6.70. The van der Waals surface area contributed by atoms with E-state index in [4.69, 9.17) is 18.0 Å². The molecule has 0 aromatic heterocycles. The molecular formula is C13H18N2S2. The Bertz CT molecular complexity index is 455. The fourth-order valence-corrected chi connectivity index (χ4v) is 2.90. The van der Waals surface area contributed by atoms with Crippen LogP contribution in [0.25, 0.3) is 0 Å². The number of thioether (sulfide) groups is 1. The minimum atomic E-state index is 0.392. The quantitative estimate of drug-likeness (QED) is 0.648. The van der Waals surface area contributed by atoms with E-state index in [9.17, 15) is 0 Å². The lowest BCUT2D eigenvalue weighted by atomic mass is 10.1. The summed E-state index contributed by atoms with van der Waals surface area (Å²) in [5.74, 6) is 0. The van der Waals surface area contributed by atoms with Gasteiger partial charge in [0, 0.05) is 22.2 Å². The van der Waals surface area contributed by atoms with Crippen LogP contribution in [-0.4, -0.2) is 17.3 Å². The van der Waals surface area contributed by atoms with Crippen LogP contribution in [0.15, 0.2) is 23.1 Å². The molecule has 1 aromatic rings. The summed E-state index contributed by atoms with van der Waals surface area (Å²) in [7, 11) is 0. The van der Waals surface area contributed by atoms with Crippen LogP contribution in [0, 0.1) is 5.41 Å². The molecule has 0 radical (unpaired) electrons. The predicted molar refractivity (Wildman–Crippen MR) is 79.9 cm³/mol. The summed E-state index contributed by atoms with van der Waals surface area (Å²) < 4.78 is 0. The first-order valence-electron chi connectivity index (χ1n) is 5.69. The van der Waals surface area contributed by atoms with Crippen LogP contribution in [0.3, 0.4) is 0 Å². The van der Waals surface area contributed by atoms with Crippen molar-refractivity contribution < 1.29 is 0 Å². The SMILES string of the molecule is CSc1cccc(NC2CC2(C)C)c1C(N)=S. The lowest BCUT2D eigenvalue weighted by Crippen LogP contribution is -2.17. The first-order chi connectivity index (χ1) is 7.95. The molecule has 17 heavy (non-hydrogen) atoms. The van der Waals surface area contributed by atoms with E-state index in [1.54, 1.807) is 11.8 Å². The van der Waals surface area contributed by atoms with Crippen LogP contribution in [0.4, 0.5) is 5.69 Å². The topological polar surface area (TPSA) is 38.0 Å². The molecule has 0 spiro atoms. The van der Waals surface area contributed by atoms with Crippen LogP contribution in [0.2, 0.25) is 0 Å². The van der Waals surface area contributed by atoms with Crippen molar-refractivity contribution in [3.8, 4) is 0 Å². The summed E-state index contributed by atoms with van der Waals surface area (Å²) in [6.45, 7) is 4.53. The second-order valence-electron chi connectivity index (χ2n) is 5.14. The number of anilines is 1. The fourth-order valence-electron chi connectivity index (χ4n) is 1.98. The largest absolute Gasteiger partial charge is 0.389 e. The molecule has 1 fully saturated rings. The average Bonchev–Trinajstić information content (AvgIpc) is 2.85. The maximum Gasteiger partial charge on any atom is 0.107 e. The van der Waals surface area contributed by atoms with Gasteiger partial charge in [-0.25, -0.2) is 0 Å². The Morgan fingerprint density at radius 3 is 2.65 bits per heavy atom. The number of hydrogen-bond acceptors (Lipinski definition) is 3. The average molecular weight is 266 g/mol. The Kier molecular flexibility index (Phi) is 3.36. The zero-order valence-electron chi connectivity index (χ0n) is 10.4. The van der Waals surface area contributed by atoms with E-state index in [1.807, 2.05) is 12.3 Å². The highest BCUT2D eigenvalue weighted by molar-refractivity contribution is 7.98. The van der Waals surface area contributed by atoms with Crippen LogP contribution in [-0.2, 0) is 0 Å². The van der Waals surface area contributed by atoms with Gasteiger partial charge < -0.3 is 11.1 Å². The zero-order chi connectivity index (χ0) is 12.6. The third-order valence-corrected chi connectivity index (χ3v) is 4.32. The minimum absolute atomic E-state index is 0.392. The second kappa shape index (κ2) is 4.50. The lowest BCUT2D eigenvalue weighted by molar-refractivity contribution is 0.630. The van der Waals surface area contributed by atoms with E-state index >= 15 is 0 Å². The Labute approximate surface area is 112 Å². The van der Waals surface area contributed by atoms with E-state index in [-0.39, 0.29) is 0 Å². The Morgan fingerprint density at radius 2 is 2.18 bits per heavy atom. The van der Waals surface area contributed by atoms with Crippen molar-refractivity contribution >= 4 is 34.7 Å². The number of hydrogen-bond donors (Lipinski definition) is 2. The van der Waals surface area contributed by atoms with E-state index in [1.165, 1.54) is 6.42 Å². The van der Waals surface area contributed by atoms with Crippen molar-refractivity contribution in [2.45, 2.75) is 31.2 Å². The van der Waals surface area contributed by atoms with Gasteiger partial charge in [0.05, 0.1) is 0 Å². The summed E-state index contributed by atoms with van der Waals surface area (Å²) in [6.07, 6.45) is 3.25. The van der Waals surface area contributed by atoms with Gasteiger partial charge in [-0.15, -0.1) is 11.8 Å². The predicted octanol–water partition coefficient (Wildman–Crippen LogP) is 3.25. The Hall–Kier alpha value is -0.740. The number of nitrogens with two attached hydrogens (primary N) is 1. The molecule has 1 aliphatic carbocycles. The summed E-state index contributed by atoms with van der Waals surface area (Å²) in [5.41, 5.74) is 8.28. The van der Waals surface area contributed by atoms with Crippen molar-refractivity contribution in [1.82, 2.24) is 0 Å². The smallest absolute Gasteiger partial charge is 0.107 e. The highest BCUT2D eigenvalue weighted by Crippen LogP contribution is 2.47. The molecule has 0 bridgehead atoms. The third-order valence-electron chi connectivity index (χ3n) is 3.34. The van der Waals surface area contributed by atoms with Crippen LogP contribution in [0.1, 0.15) is 25.8 Å². The van der Waals surface area contributed by atoms with Crippen molar-refractivity contribution in [1.29, 1.82) is 0 Å². The maximum absolute atomic E-state index is 5.83. The van der Waals surface area contributed by atoms with Crippen molar-refractivity contribution in [3.05, 3.63) is 23.8 Å². The molecule has 2 nitrogen and oxygen atoms in total. The second-order valence-corrected chi connectivity index (χ2v) is 6.42. The monoisotopic (exact) mass is 266 g/mol. The van der Waals surface area contributed by atoms with E-state index in [2.05, 4.69) is 31.3 Å². The fraction of sp³-hybridized carbons (Fsp3) is 0.462. The van der Waals surface area contributed by atoms with Crippen LogP contribution in [0.5, 0.6) is 0 Å². The molecule has 0 amide bonds. The van der Waals surface area contributed by atoms with Gasteiger partial charge in [-0.3, -0.25) is 0 Å². The van der Waals surface area contributed by atoms with Gasteiger partial charge in [-0.2, -0.15) is 0 Å². The van der Waals surface area contributed by atoms with Crippen molar-refractivity contribution in [2.24, 2.45) is 11.1 Å². The highest BCUT2D eigenvalue weighted by Gasteiger charge is 2.45. The first-order valence-corrected chi connectivity index (χ1v) is 7.32. The normalized spacial score (nSPS) is 21.0. The van der Waals surface area contributed by atoms with Crippen LogP contribution >= 0.6 is 24.0 Å². The minimum Gasteiger partial charge on any atom is -0.389 e. The van der Waals surface area contributed by atoms with Gasteiger partial charge >= 0.3 is 0 Å². The Morgan fingerprint density at radius 1 is 1.53 bits per heavy atom. The summed E-state index contributed by atoms with van der Waals surface area (Å²) in [5, 5.41) is 3.55. The molecule has 0 saturated heterocycles. The van der Waals surface area contributed by atoms with E-state index in [0.717, 1.165) is 16.1 Å². The number of nitrogens with one attached hydrogen (secondary N) is 1. The molecule has 1 aromatic carbocycles. The molecule has 0 heterocycles. The van der Waals surface area contributed by atoms with Gasteiger partial charge in [0.2, 0.25) is 0 Å². The molecule has 0 aliphatic heterocycles. The van der Waals surface area contributed by atoms with E-state index < -0.39 is 0 Å². The number of rotatable bonds is 4. The van der Waals surface area contributed by atoms with Gasteiger partial charge in [-0.05, 0) is 30.2 Å².